The molecule has 28 heavy (non-hydrogen) atoms. The van der Waals surface area contributed by atoms with E-state index in [0.29, 0.717) is 17.9 Å². The van der Waals surface area contributed by atoms with Crippen molar-refractivity contribution in [3.05, 3.63) is 30.0 Å². The zero-order chi connectivity index (χ0) is 19.5. The van der Waals surface area contributed by atoms with Gasteiger partial charge in [0.25, 0.3) is 0 Å². The summed E-state index contributed by atoms with van der Waals surface area (Å²) in [6.45, 7) is 5.07. The second-order valence-corrected chi connectivity index (χ2v) is 7.46. The fourth-order valence-corrected chi connectivity index (χ4v) is 4.24. The molecule has 1 amide bonds. The summed E-state index contributed by atoms with van der Waals surface area (Å²) in [5.41, 5.74) is 1.28. The maximum Gasteiger partial charge on any atom is 0.374 e. The van der Waals surface area contributed by atoms with Gasteiger partial charge in [-0.05, 0) is 70.1 Å². The van der Waals surface area contributed by atoms with Crippen LogP contribution in [0, 0.1) is 0 Å². The van der Waals surface area contributed by atoms with Gasteiger partial charge < -0.3 is 19.8 Å². The third kappa shape index (κ3) is 3.91. The predicted molar refractivity (Wildman–Crippen MR) is 106 cm³/mol. The number of nitrogens with one attached hydrogen (secondary N) is 2. The van der Waals surface area contributed by atoms with Gasteiger partial charge in [-0.15, -0.1) is 0 Å². The van der Waals surface area contributed by atoms with Crippen LogP contribution < -0.4 is 10.6 Å². The van der Waals surface area contributed by atoms with E-state index in [1.54, 1.807) is 25.1 Å². The van der Waals surface area contributed by atoms with E-state index in [9.17, 15) is 9.59 Å². The van der Waals surface area contributed by atoms with Crippen LogP contribution in [0.25, 0.3) is 11.0 Å². The van der Waals surface area contributed by atoms with Crippen molar-refractivity contribution < 1.29 is 18.7 Å². The smallest absolute Gasteiger partial charge is 0.374 e. The average Bonchev–Trinajstić information content (AvgIpc) is 3.36. The summed E-state index contributed by atoms with van der Waals surface area (Å²) in [5.74, 6) is -0.326. The molecule has 2 saturated heterocycles. The number of anilines is 1. The molecule has 0 saturated carbocycles. The van der Waals surface area contributed by atoms with Gasteiger partial charge in [0.1, 0.15) is 11.6 Å². The highest BCUT2D eigenvalue weighted by Gasteiger charge is 2.37. The number of hydrogen-bond donors (Lipinski definition) is 2. The fourth-order valence-electron chi connectivity index (χ4n) is 4.24. The van der Waals surface area contributed by atoms with Gasteiger partial charge in [-0.2, -0.15) is 0 Å². The van der Waals surface area contributed by atoms with E-state index < -0.39 is 5.97 Å². The molecule has 4 rings (SSSR count). The largest absolute Gasteiger partial charge is 0.460 e. The number of rotatable bonds is 5. The lowest BCUT2D eigenvalue weighted by molar-refractivity contribution is -0.119. The molecule has 2 atom stereocenters. The Morgan fingerprint density at radius 2 is 2.07 bits per heavy atom. The predicted octanol–water partition coefficient (Wildman–Crippen LogP) is 2.76. The molecule has 7 heteroatoms. The van der Waals surface area contributed by atoms with Crippen molar-refractivity contribution in [2.24, 2.45) is 0 Å². The van der Waals surface area contributed by atoms with Crippen LogP contribution in [0.5, 0.6) is 0 Å². The highest BCUT2D eigenvalue weighted by Crippen LogP contribution is 2.25. The number of benzene rings is 1. The molecule has 2 aliphatic rings. The highest BCUT2D eigenvalue weighted by atomic mass is 16.5. The van der Waals surface area contributed by atoms with E-state index in [1.807, 2.05) is 6.07 Å². The van der Waals surface area contributed by atoms with Crippen LogP contribution in [0.3, 0.4) is 0 Å². The molecule has 2 aromatic rings. The van der Waals surface area contributed by atoms with Crippen LogP contribution in [0.4, 0.5) is 5.69 Å². The third-order valence-electron chi connectivity index (χ3n) is 5.59. The Morgan fingerprint density at radius 1 is 1.25 bits per heavy atom. The molecule has 2 N–H and O–H groups in total. The first-order chi connectivity index (χ1) is 13.7. The van der Waals surface area contributed by atoms with Gasteiger partial charge in [-0.1, -0.05) is 6.42 Å². The van der Waals surface area contributed by atoms with E-state index in [1.165, 1.54) is 19.3 Å². The Balaban J connectivity index is 1.46. The number of carbonyl (C=O) groups excluding carboxylic acids is 2. The van der Waals surface area contributed by atoms with Crippen molar-refractivity contribution in [3.8, 4) is 0 Å². The average molecular weight is 385 g/mol. The Morgan fingerprint density at radius 3 is 2.86 bits per heavy atom. The van der Waals surface area contributed by atoms with Crippen molar-refractivity contribution in [1.82, 2.24) is 10.2 Å². The van der Waals surface area contributed by atoms with Crippen LogP contribution >= 0.6 is 0 Å². The maximum absolute atomic E-state index is 12.9. The van der Waals surface area contributed by atoms with E-state index >= 15 is 0 Å². The van der Waals surface area contributed by atoms with Crippen LogP contribution in [-0.4, -0.2) is 55.1 Å². The van der Waals surface area contributed by atoms with E-state index in [4.69, 9.17) is 9.15 Å². The molecule has 0 bridgehead atoms. The van der Waals surface area contributed by atoms with Gasteiger partial charge in [-0.3, -0.25) is 9.69 Å². The number of carbonyl (C=O) groups is 2. The second-order valence-electron chi connectivity index (χ2n) is 7.46. The normalized spacial score (nSPS) is 23.0. The standard InChI is InChI=1S/C21H27N3O4/c1-2-27-21(26)18-13-14-12-15(6-7-17(14)28-18)23-20(25)19-16(8-9-22-19)24-10-4-3-5-11-24/h6-7,12-13,16,19,22H,2-5,8-11H2,1H3,(H,23,25)/t16-,19+/m1/s1. The van der Waals surface area contributed by atoms with Crippen molar-refractivity contribution in [2.75, 3.05) is 31.6 Å². The molecule has 0 radical (unpaired) electrons. The van der Waals surface area contributed by atoms with Crippen molar-refractivity contribution in [3.63, 3.8) is 0 Å². The zero-order valence-corrected chi connectivity index (χ0v) is 16.2. The minimum Gasteiger partial charge on any atom is -0.460 e. The van der Waals surface area contributed by atoms with Gasteiger partial charge in [0.2, 0.25) is 11.7 Å². The summed E-state index contributed by atoms with van der Waals surface area (Å²) in [5, 5.41) is 7.14. The Hall–Kier alpha value is -2.38. The lowest BCUT2D eigenvalue weighted by atomic mass is 10.0. The topological polar surface area (TPSA) is 83.8 Å². The Kier molecular flexibility index (Phi) is 5.64. The van der Waals surface area contributed by atoms with E-state index in [2.05, 4.69) is 15.5 Å². The summed E-state index contributed by atoms with van der Waals surface area (Å²) in [4.78, 5) is 27.2. The van der Waals surface area contributed by atoms with Crippen molar-refractivity contribution >= 4 is 28.5 Å². The van der Waals surface area contributed by atoms with E-state index in [-0.39, 0.29) is 23.8 Å². The summed E-state index contributed by atoms with van der Waals surface area (Å²) in [6.07, 6.45) is 4.71. The van der Waals surface area contributed by atoms with Crippen LogP contribution in [0.15, 0.2) is 28.7 Å². The summed E-state index contributed by atoms with van der Waals surface area (Å²) >= 11 is 0. The van der Waals surface area contributed by atoms with E-state index in [0.717, 1.165) is 31.4 Å². The number of hydrogen-bond acceptors (Lipinski definition) is 6. The molecular formula is C21H27N3O4. The number of piperidine rings is 1. The minimum absolute atomic E-state index is 0.0125. The van der Waals surface area contributed by atoms with Gasteiger partial charge in [-0.25, -0.2) is 4.79 Å². The van der Waals surface area contributed by atoms with Gasteiger partial charge in [0.15, 0.2) is 0 Å². The molecule has 2 fully saturated rings. The molecular weight excluding hydrogens is 358 g/mol. The summed E-state index contributed by atoms with van der Waals surface area (Å²) < 4.78 is 10.5. The number of amides is 1. The quantitative estimate of drug-likeness (QED) is 0.770. The highest BCUT2D eigenvalue weighted by molar-refractivity contribution is 5.98. The molecule has 1 aromatic carbocycles. The third-order valence-corrected chi connectivity index (χ3v) is 5.59. The molecule has 1 aromatic heterocycles. The maximum atomic E-state index is 12.9. The SMILES string of the molecule is CCOC(=O)c1cc2cc(NC(=O)[C@H]3NCC[C@H]3N3CCCCC3)ccc2o1. The van der Waals surface area contributed by atoms with Crippen LogP contribution in [-0.2, 0) is 9.53 Å². The summed E-state index contributed by atoms with van der Waals surface area (Å²) in [7, 11) is 0. The lowest BCUT2D eigenvalue weighted by Crippen LogP contribution is -2.51. The number of esters is 1. The van der Waals surface area contributed by atoms with Crippen molar-refractivity contribution in [1.29, 1.82) is 0 Å². The summed E-state index contributed by atoms with van der Waals surface area (Å²) in [6, 6.07) is 7.08. The minimum atomic E-state index is -0.483. The first-order valence-electron chi connectivity index (χ1n) is 10.1. The molecule has 0 unspecified atom stereocenters. The lowest BCUT2D eigenvalue weighted by Gasteiger charge is -2.34. The molecule has 7 nitrogen and oxygen atoms in total. The molecule has 0 aliphatic carbocycles. The number of furan rings is 1. The van der Waals surface area contributed by atoms with Gasteiger partial charge in [0, 0.05) is 17.1 Å². The monoisotopic (exact) mass is 385 g/mol. The molecule has 150 valence electrons. The molecule has 2 aliphatic heterocycles. The molecule has 0 spiro atoms. The first-order valence-corrected chi connectivity index (χ1v) is 10.1. The van der Waals surface area contributed by atoms with Crippen LogP contribution in [0.1, 0.15) is 43.2 Å². The number of nitrogens with zero attached hydrogens (tertiary/aromatic N) is 1. The Bertz CT molecular complexity index is 856. The van der Waals surface area contributed by atoms with Crippen molar-refractivity contribution in [2.45, 2.75) is 44.7 Å². The first kappa shape index (κ1) is 19.0. The number of likely N-dealkylation sites (tertiary alicyclic amines) is 1. The van der Waals surface area contributed by atoms with Gasteiger partial charge in [0.05, 0.1) is 6.61 Å². The number of ether oxygens (including phenoxy) is 1. The fraction of sp³-hybridized carbons (Fsp3) is 0.524. The zero-order valence-electron chi connectivity index (χ0n) is 16.2. The second kappa shape index (κ2) is 8.32. The Labute approximate surface area is 164 Å². The van der Waals surface area contributed by atoms with Gasteiger partial charge >= 0.3 is 5.97 Å². The van der Waals surface area contributed by atoms with Crippen LogP contribution in [0.2, 0.25) is 0 Å². The number of fused-ring (bicyclic) bond motifs is 1. The molecule has 3 heterocycles.